The highest BCUT2D eigenvalue weighted by Crippen LogP contribution is 2.36. The van der Waals surface area contributed by atoms with Gasteiger partial charge in [-0.3, -0.25) is 0 Å². The first-order valence-electron chi connectivity index (χ1n) is 6.79. The van der Waals surface area contributed by atoms with Gasteiger partial charge < -0.3 is 9.26 Å². The van der Waals surface area contributed by atoms with E-state index in [1.807, 2.05) is 19.9 Å². The number of hydrogen-bond acceptors (Lipinski definition) is 4. The van der Waals surface area contributed by atoms with E-state index >= 15 is 0 Å². The molecule has 0 aromatic carbocycles. The molecule has 0 bridgehead atoms. The maximum Gasteiger partial charge on any atom is 0.311 e. The maximum atomic E-state index is 5.05. The van der Waals surface area contributed by atoms with E-state index in [9.17, 15) is 0 Å². The van der Waals surface area contributed by atoms with Gasteiger partial charge in [0.15, 0.2) is 0 Å². The molecule has 2 rings (SSSR count). The molecule has 0 aliphatic heterocycles. The molecule has 0 fully saturated rings. The van der Waals surface area contributed by atoms with Crippen molar-refractivity contribution < 1.29 is 9.26 Å². The molecule has 0 radical (unpaired) electrons. The predicted octanol–water partition coefficient (Wildman–Crippen LogP) is 5.12. The lowest BCUT2D eigenvalue weighted by molar-refractivity contribution is 0.261. The van der Waals surface area contributed by atoms with E-state index in [0.29, 0.717) is 11.9 Å². The van der Waals surface area contributed by atoms with Gasteiger partial charge in [0.25, 0.3) is 0 Å². The number of hydrogen-bond donors (Lipinski definition) is 0. The van der Waals surface area contributed by atoms with Crippen molar-refractivity contribution >= 4 is 11.3 Å². The third-order valence-corrected chi connectivity index (χ3v) is 4.19. The van der Waals surface area contributed by atoms with Crippen LogP contribution in [-0.2, 0) is 6.42 Å². The van der Waals surface area contributed by atoms with Crippen LogP contribution >= 0.6 is 11.3 Å². The van der Waals surface area contributed by atoms with Crippen LogP contribution in [0.1, 0.15) is 51.0 Å². The van der Waals surface area contributed by atoms with E-state index in [-0.39, 0.29) is 0 Å². The molecule has 2 heterocycles. The minimum absolute atomic E-state index is 0.456. The van der Waals surface area contributed by atoms with Crippen LogP contribution < -0.4 is 4.74 Å². The van der Waals surface area contributed by atoms with Crippen molar-refractivity contribution in [3.05, 3.63) is 22.6 Å². The number of thiophene rings is 1. The molecule has 0 spiro atoms. The highest BCUT2D eigenvalue weighted by Gasteiger charge is 2.15. The van der Waals surface area contributed by atoms with Crippen LogP contribution in [0.4, 0.5) is 0 Å². The minimum atomic E-state index is 0.456. The molecule has 0 N–H and O–H groups in total. The van der Waals surface area contributed by atoms with Gasteiger partial charge in [-0.05, 0) is 24.0 Å². The van der Waals surface area contributed by atoms with Crippen LogP contribution in [0, 0.1) is 0 Å². The molecule has 2 aromatic rings. The Morgan fingerprint density at radius 1 is 1.32 bits per heavy atom. The zero-order valence-corrected chi connectivity index (χ0v) is 13.4. The zero-order chi connectivity index (χ0) is 14.4. The molecule has 3 nitrogen and oxygen atoms in total. The van der Waals surface area contributed by atoms with Gasteiger partial charge in [-0.2, -0.15) is 0 Å². The molecular formula is C15H23NO2S. The molecule has 2 aromatic heterocycles. The van der Waals surface area contributed by atoms with Crippen LogP contribution in [-0.4, -0.2) is 12.3 Å². The fourth-order valence-electron chi connectivity index (χ4n) is 1.80. The van der Waals surface area contributed by atoms with E-state index in [1.54, 1.807) is 18.4 Å². The number of methoxy groups -OCH3 is 1. The van der Waals surface area contributed by atoms with Gasteiger partial charge in [-0.1, -0.05) is 39.8 Å². The van der Waals surface area contributed by atoms with Crippen LogP contribution in [0.15, 0.2) is 16.7 Å². The van der Waals surface area contributed by atoms with Crippen LogP contribution in [0.3, 0.4) is 0 Å². The van der Waals surface area contributed by atoms with E-state index in [2.05, 4.69) is 32.0 Å². The summed E-state index contributed by atoms with van der Waals surface area (Å²) in [7, 11) is 1.58. The average molecular weight is 281 g/mol. The highest BCUT2D eigenvalue weighted by molar-refractivity contribution is 7.15. The van der Waals surface area contributed by atoms with Gasteiger partial charge in [0.2, 0.25) is 0 Å². The second-order valence-corrected chi connectivity index (χ2v) is 5.33. The Balaban J connectivity index is 0.000000861. The van der Waals surface area contributed by atoms with Gasteiger partial charge in [-0.15, -0.1) is 11.3 Å². The van der Waals surface area contributed by atoms with E-state index in [0.717, 1.165) is 17.0 Å². The van der Waals surface area contributed by atoms with Crippen molar-refractivity contribution in [3.8, 4) is 16.5 Å². The first kappa shape index (κ1) is 15.8. The van der Waals surface area contributed by atoms with Gasteiger partial charge in [0.05, 0.1) is 18.1 Å². The molecule has 106 valence electrons. The number of ether oxygens (including phenoxy) is 1. The summed E-state index contributed by atoms with van der Waals surface area (Å²) < 4.78 is 10.0. The normalized spacial score (nSPS) is 10.3. The summed E-state index contributed by atoms with van der Waals surface area (Å²) in [6.07, 6.45) is 1.05. The largest absolute Gasteiger partial charge is 0.467 e. The second kappa shape index (κ2) is 7.34. The number of aromatic nitrogens is 1. The molecule has 19 heavy (non-hydrogen) atoms. The average Bonchev–Trinajstić information content (AvgIpc) is 3.06. The Kier molecular flexibility index (Phi) is 6.09. The van der Waals surface area contributed by atoms with Crippen molar-refractivity contribution in [2.45, 2.75) is 47.0 Å². The fourth-order valence-corrected chi connectivity index (χ4v) is 3.01. The Hall–Kier alpha value is -1.29. The molecule has 0 unspecified atom stereocenters. The van der Waals surface area contributed by atoms with Crippen LogP contribution in [0.5, 0.6) is 5.95 Å². The first-order valence-corrected chi connectivity index (χ1v) is 7.61. The summed E-state index contributed by atoms with van der Waals surface area (Å²) in [4.78, 5) is 2.59. The molecular weight excluding hydrogens is 258 g/mol. The Morgan fingerprint density at radius 3 is 2.42 bits per heavy atom. The van der Waals surface area contributed by atoms with E-state index in [1.165, 1.54) is 10.4 Å². The second-order valence-electron chi connectivity index (χ2n) is 4.24. The number of nitrogens with zero attached hydrogens (tertiary/aromatic N) is 1. The lowest BCUT2D eigenvalue weighted by Crippen LogP contribution is -1.87. The van der Waals surface area contributed by atoms with Crippen molar-refractivity contribution in [3.63, 3.8) is 0 Å². The zero-order valence-electron chi connectivity index (χ0n) is 12.6. The molecule has 0 saturated carbocycles. The third kappa shape index (κ3) is 3.60. The van der Waals surface area contributed by atoms with Crippen molar-refractivity contribution in [2.24, 2.45) is 0 Å². The fraction of sp³-hybridized carbons (Fsp3) is 0.533. The summed E-state index contributed by atoms with van der Waals surface area (Å²) in [5.74, 6) is 1.01. The van der Waals surface area contributed by atoms with E-state index < -0.39 is 0 Å². The summed E-state index contributed by atoms with van der Waals surface area (Å²) in [6, 6.07) is 4.03. The Morgan fingerprint density at radius 2 is 2.00 bits per heavy atom. The monoisotopic (exact) mass is 281 g/mol. The SMILES string of the molecule is CC.CCc1cc(-c2cc(OC)on2)sc1C(C)C. The standard InChI is InChI=1S/C13H17NO2S.C2H6/c1-5-9-6-11(17-13(9)8(2)3)10-7-12(15-4)16-14-10;1-2/h6-8H,5H2,1-4H3;1-2H3. The summed E-state index contributed by atoms with van der Waals surface area (Å²) in [6.45, 7) is 10.6. The predicted molar refractivity (Wildman–Crippen MR) is 81.2 cm³/mol. The summed E-state index contributed by atoms with van der Waals surface area (Å²) in [5, 5.41) is 4.02. The van der Waals surface area contributed by atoms with Gasteiger partial charge in [0.1, 0.15) is 5.69 Å². The quantitative estimate of drug-likeness (QED) is 0.780. The van der Waals surface area contributed by atoms with Crippen LogP contribution in [0.2, 0.25) is 0 Å². The molecule has 0 aliphatic rings. The molecule has 0 aliphatic carbocycles. The van der Waals surface area contributed by atoms with E-state index in [4.69, 9.17) is 9.26 Å². The van der Waals surface area contributed by atoms with Crippen molar-refractivity contribution in [2.75, 3.05) is 7.11 Å². The molecule has 0 atom stereocenters. The lowest BCUT2D eigenvalue weighted by Gasteiger charge is -2.03. The Bertz CT molecular complexity index is 500. The maximum absolute atomic E-state index is 5.05. The van der Waals surface area contributed by atoms with Gasteiger partial charge >= 0.3 is 5.95 Å². The van der Waals surface area contributed by atoms with Gasteiger partial charge in [-0.25, -0.2) is 0 Å². The van der Waals surface area contributed by atoms with Crippen molar-refractivity contribution in [1.29, 1.82) is 0 Å². The lowest BCUT2D eigenvalue weighted by atomic mass is 10.1. The highest BCUT2D eigenvalue weighted by atomic mass is 32.1. The number of aryl methyl sites for hydroxylation is 1. The Labute approximate surface area is 119 Å². The number of rotatable bonds is 4. The molecule has 4 heteroatoms. The van der Waals surface area contributed by atoms with Crippen molar-refractivity contribution in [1.82, 2.24) is 5.16 Å². The van der Waals surface area contributed by atoms with Crippen LogP contribution in [0.25, 0.3) is 10.6 Å². The first-order chi connectivity index (χ1) is 9.15. The summed E-state index contributed by atoms with van der Waals surface area (Å²) >= 11 is 1.79. The topological polar surface area (TPSA) is 35.3 Å². The third-order valence-electron chi connectivity index (χ3n) is 2.69. The molecule has 0 amide bonds. The van der Waals surface area contributed by atoms with Gasteiger partial charge in [0, 0.05) is 4.88 Å². The smallest absolute Gasteiger partial charge is 0.311 e. The summed E-state index contributed by atoms with van der Waals surface area (Å²) in [5.41, 5.74) is 2.26. The molecule has 0 saturated heterocycles. The minimum Gasteiger partial charge on any atom is -0.467 e.